The third-order valence-corrected chi connectivity index (χ3v) is 4.10. The van der Waals surface area contributed by atoms with Crippen molar-refractivity contribution in [1.82, 2.24) is 19.4 Å². The Morgan fingerprint density at radius 3 is 2.78 bits per heavy atom. The van der Waals surface area contributed by atoms with Gasteiger partial charge >= 0.3 is 0 Å². The van der Waals surface area contributed by atoms with Crippen LogP contribution in [0.2, 0.25) is 0 Å². The predicted octanol–water partition coefficient (Wildman–Crippen LogP) is 4.60. The first-order chi connectivity index (χ1) is 11.3. The van der Waals surface area contributed by atoms with Crippen molar-refractivity contribution in [2.75, 3.05) is 0 Å². The van der Waals surface area contributed by atoms with Crippen molar-refractivity contribution in [3.8, 4) is 5.69 Å². The topological polar surface area (TPSA) is 68.3 Å². The first-order valence-electron chi connectivity index (χ1n) is 7.05. The molecular formula is C16H12N6S. The smallest absolute Gasteiger partial charge is 0.127 e. The second-order valence-corrected chi connectivity index (χ2v) is 5.79. The summed E-state index contributed by atoms with van der Waals surface area (Å²) in [5.74, 6) is 0. The van der Waals surface area contributed by atoms with Gasteiger partial charge in [0, 0.05) is 0 Å². The molecule has 4 aromatic rings. The molecule has 0 aliphatic carbocycles. The zero-order valence-electron chi connectivity index (χ0n) is 12.3. The second kappa shape index (κ2) is 5.69. The Balaban J connectivity index is 1.64. The van der Waals surface area contributed by atoms with Gasteiger partial charge in [0.1, 0.15) is 11.2 Å². The molecule has 0 N–H and O–H groups in total. The van der Waals surface area contributed by atoms with Gasteiger partial charge < -0.3 is 0 Å². The molecule has 0 atom stereocenters. The zero-order chi connectivity index (χ0) is 15.6. The van der Waals surface area contributed by atoms with Crippen LogP contribution >= 0.6 is 11.5 Å². The number of fused-ring (bicyclic) bond motifs is 1. The van der Waals surface area contributed by atoms with Gasteiger partial charge in [-0.1, -0.05) is 22.7 Å². The minimum atomic E-state index is 0.741. The Kier molecular flexibility index (Phi) is 3.39. The van der Waals surface area contributed by atoms with E-state index in [1.807, 2.05) is 61.7 Å². The molecule has 0 spiro atoms. The van der Waals surface area contributed by atoms with E-state index >= 15 is 0 Å². The van der Waals surface area contributed by atoms with Crippen LogP contribution in [0, 0.1) is 6.92 Å². The van der Waals surface area contributed by atoms with Crippen molar-refractivity contribution in [3.63, 3.8) is 0 Å². The highest BCUT2D eigenvalue weighted by molar-refractivity contribution is 7.12. The van der Waals surface area contributed by atoms with E-state index in [1.54, 1.807) is 4.68 Å². The number of rotatable bonds is 3. The Morgan fingerprint density at radius 1 is 1.04 bits per heavy atom. The molecule has 4 rings (SSSR count). The van der Waals surface area contributed by atoms with Gasteiger partial charge in [0.2, 0.25) is 0 Å². The maximum atomic E-state index is 4.48. The summed E-state index contributed by atoms with van der Waals surface area (Å²) in [6.45, 7) is 1.92. The monoisotopic (exact) mass is 320 g/mol. The van der Waals surface area contributed by atoms with Crippen molar-refractivity contribution < 1.29 is 0 Å². The van der Waals surface area contributed by atoms with Crippen LogP contribution in [-0.4, -0.2) is 19.4 Å². The molecule has 2 aromatic carbocycles. The van der Waals surface area contributed by atoms with Crippen molar-refractivity contribution in [3.05, 3.63) is 60.4 Å². The summed E-state index contributed by atoms with van der Waals surface area (Å²) in [6, 6.07) is 15.7. The summed E-state index contributed by atoms with van der Waals surface area (Å²) in [5, 5.41) is 17.1. The summed E-state index contributed by atoms with van der Waals surface area (Å²) < 4.78 is 6.76. The van der Waals surface area contributed by atoms with E-state index in [-0.39, 0.29) is 0 Å². The Bertz CT molecular complexity index is 986. The van der Waals surface area contributed by atoms with Crippen LogP contribution in [0.5, 0.6) is 0 Å². The van der Waals surface area contributed by atoms with Crippen LogP contribution in [0.4, 0.5) is 11.4 Å². The number of hydrogen-bond donors (Lipinski definition) is 0. The maximum Gasteiger partial charge on any atom is 0.127 e. The average Bonchev–Trinajstić information content (AvgIpc) is 3.19. The van der Waals surface area contributed by atoms with E-state index in [4.69, 9.17) is 0 Å². The maximum absolute atomic E-state index is 4.48. The Hall–Kier alpha value is -2.93. The molecule has 2 heterocycles. The van der Waals surface area contributed by atoms with Gasteiger partial charge in [-0.25, -0.2) is 4.68 Å². The number of azo groups is 1. The van der Waals surface area contributed by atoms with Crippen molar-refractivity contribution in [1.29, 1.82) is 0 Å². The highest BCUT2D eigenvalue weighted by atomic mass is 32.1. The van der Waals surface area contributed by atoms with E-state index < -0.39 is 0 Å². The lowest BCUT2D eigenvalue weighted by Gasteiger charge is -1.98. The summed E-state index contributed by atoms with van der Waals surface area (Å²) >= 11 is 1.37. The van der Waals surface area contributed by atoms with Crippen LogP contribution in [0.1, 0.15) is 5.69 Å². The fourth-order valence-corrected chi connectivity index (χ4v) is 2.74. The van der Waals surface area contributed by atoms with E-state index in [9.17, 15) is 0 Å². The first-order valence-corrected chi connectivity index (χ1v) is 7.82. The highest BCUT2D eigenvalue weighted by Gasteiger charge is 2.06. The van der Waals surface area contributed by atoms with Gasteiger partial charge in [-0.15, -0.1) is 10.2 Å². The predicted molar refractivity (Wildman–Crippen MR) is 89.9 cm³/mol. The van der Waals surface area contributed by atoms with Crippen LogP contribution in [0.15, 0.2) is 65.0 Å². The van der Waals surface area contributed by atoms with Gasteiger partial charge in [-0.05, 0) is 48.8 Å². The number of aromatic nitrogens is 4. The molecule has 112 valence electrons. The van der Waals surface area contributed by atoms with Crippen LogP contribution in [0.25, 0.3) is 15.9 Å². The number of nitrogens with zero attached hydrogens (tertiary/aromatic N) is 6. The van der Waals surface area contributed by atoms with E-state index in [0.717, 1.165) is 33.0 Å². The van der Waals surface area contributed by atoms with Crippen LogP contribution in [0.3, 0.4) is 0 Å². The minimum Gasteiger partial charge on any atom is -0.238 e. The number of benzene rings is 2. The van der Waals surface area contributed by atoms with Gasteiger partial charge in [0.15, 0.2) is 0 Å². The minimum absolute atomic E-state index is 0.741. The fourth-order valence-electron chi connectivity index (χ4n) is 2.21. The number of hydrogen-bond acceptors (Lipinski definition) is 6. The molecule has 0 amide bonds. The van der Waals surface area contributed by atoms with Gasteiger partial charge in [-0.3, -0.25) is 0 Å². The summed E-state index contributed by atoms with van der Waals surface area (Å²) in [5.41, 5.74) is 4.14. The average molecular weight is 320 g/mol. The van der Waals surface area contributed by atoms with E-state index in [0.29, 0.717) is 0 Å². The molecule has 0 fully saturated rings. The normalized spacial score (nSPS) is 11.5. The Morgan fingerprint density at radius 2 is 1.91 bits per heavy atom. The molecule has 7 heteroatoms. The molecule has 2 aromatic heterocycles. The van der Waals surface area contributed by atoms with Gasteiger partial charge in [-0.2, -0.15) is 10.2 Å². The standard InChI is InChI=1S/C16H12N6S/c1-11-15(10-22(20-11)13-5-3-2-4-6-13)18-17-12-7-8-16-14(9-12)19-21-23-16/h2-10H,1H3. The molecule has 0 saturated heterocycles. The lowest BCUT2D eigenvalue weighted by atomic mass is 10.3. The number of aryl methyl sites for hydroxylation is 1. The third kappa shape index (κ3) is 2.74. The molecule has 0 aliphatic heterocycles. The molecule has 23 heavy (non-hydrogen) atoms. The van der Waals surface area contributed by atoms with Crippen molar-refractivity contribution in [2.24, 2.45) is 10.2 Å². The summed E-state index contributed by atoms with van der Waals surface area (Å²) in [6.07, 6.45) is 1.87. The molecular weight excluding hydrogens is 308 g/mol. The lowest BCUT2D eigenvalue weighted by Crippen LogP contribution is -1.93. The quantitative estimate of drug-likeness (QED) is 0.518. The van der Waals surface area contributed by atoms with Gasteiger partial charge in [0.05, 0.1) is 28.0 Å². The lowest BCUT2D eigenvalue weighted by molar-refractivity contribution is 0.863. The molecule has 0 unspecified atom stereocenters. The van der Waals surface area contributed by atoms with Crippen LogP contribution < -0.4 is 0 Å². The zero-order valence-corrected chi connectivity index (χ0v) is 13.1. The number of para-hydroxylation sites is 1. The summed E-state index contributed by atoms with van der Waals surface area (Å²) in [4.78, 5) is 0. The van der Waals surface area contributed by atoms with Crippen molar-refractivity contribution in [2.45, 2.75) is 6.92 Å². The van der Waals surface area contributed by atoms with Gasteiger partial charge in [0.25, 0.3) is 0 Å². The second-order valence-electron chi connectivity index (χ2n) is 5.00. The highest BCUT2D eigenvalue weighted by Crippen LogP contribution is 2.25. The molecule has 0 bridgehead atoms. The SMILES string of the molecule is Cc1nn(-c2ccccc2)cc1N=Nc1ccc2snnc2c1. The molecule has 0 saturated carbocycles. The molecule has 6 nitrogen and oxygen atoms in total. The molecule has 0 aliphatic rings. The van der Waals surface area contributed by atoms with E-state index in [1.165, 1.54) is 11.5 Å². The van der Waals surface area contributed by atoms with Crippen LogP contribution in [-0.2, 0) is 0 Å². The first kappa shape index (κ1) is 13.7. The summed E-state index contributed by atoms with van der Waals surface area (Å²) in [7, 11) is 0. The largest absolute Gasteiger partial charge is 0.238 e. The molecule has 0 radical (unpaired) electrons. The van der Waals surface area contributed by atoms with Crippen molar-refractivity contribution >= 4 is 33.1 Å². The third-order valence-electron chi connectivity index (χ3n) is 3.40. The Labute approximate surface area is 136 Å². The fraction of sp³-hybridized carbons (Fsp3) is 0.0625. The van der Waals surface area contributed by atoms with E-state index in [2.05, 4.69) is 24.9 Å².